The normalized spacial score (nSPS) is 15.1. The second-order valence-corrected chi connectivity index (χ2v) is 6.98. The molecule has 0 spiro atoms. The first-order valence-corrected chi connectivity index (χ1v) is 10.1. The van der Waals surface area contributed by atoms with E-state index in [1.54, 1.807) is 25.3 Å². The van der Waals surface area contributed by atoms with Crippen molar-refractivity contribution in [2.24, 2.45) is 0 Å². The third-order valence-electron chi connectivity index (χ3n) is 4.49. The third kappa shape index (κ3) is 7.43. The maximum atomic E-state index is 12.0. The van der Waals surface area contributed by atoms with E-state index in [0.717, 1.165) is 12.0 Å². The van der Waals surface area contributed by atoms with Crippen LogP contribution in [0.4, 0.5) is 0 Å². The fourth-order valence-electron chi connectivity index (χ4n) is 3.12. The van der Waals surface area contributed by atoms with Crippen LogP contribution in [0.3, 0.4) is 0 Å². The topological polar surface area (TPSA) is 56.8 Å². The van der Waals surface area contributed by atoms with Crippen molar-refractivity contribution in [2.45, 2.75) is 51.6 Å². The third-order valence-corrected chi connectivity index (χ3v) is 4.77. The van der Waals surface area contributed by atoms with Crippen LogP contribution in [0.2, 0.25) is 5.02 Å². The van der Waals surface area contributed by atoms with Crippen LogP contribution in [0, 0.1) is 0 Å². The number of nitrogens with one attached hydrogen (secondary N) is 1. The van der Waals surface area contributed by atoms with Crippen LogP contribution >= 0.6 is 11.6 Å². The maximum Gasteiger partial charge on any atom is 0.244 e. The highest BCUT2D eigenvalue weighted by Gasteiger charge is 2.13. The number of halogens is 1. The summed E-state index contributed by atoms with van der Waals surface area (Å²) in [6.45, 7) is 3.68. The average Bonchev–Trinajstić information content (AvgIpc) is 2.68. The Morgan fingerprint density at radius 2 is 2.07 bits per heavy atom. The van der Waals surface area contributed by atoms with Crippen molar-refractivity contribution in [3.63, 3.8) is 0 Å². The van der Waals surface area contributed by atoms with Gasteiger partial charge in [-0.25, -0.2) is 0 Å². The van der Waals surface area contributed by atoms with E-state index in [4.69, 9.17) is 25.8 Å². The van der Waals surface area contributed by atoms with Gasteiger partial charge in [-0.2, -0.15) is 0 Å². The Kier molecular flexibility index (Phi) is 9.50. The van der Waals surface area contributed by atoms with Gasteiger partial charge in [0.15, 0.2) is 11.5 Å². The minimum absolute atomic E-state index is 0.142. The summed E-state index contributed by atoms with van der Waals surface area (Å²) in [6, 6.07) is 3.54. The van der Waals surface area contributed by atoms with Crippen LogP contribution in [-0.4, -0.2) is 38.9 Å². The van der Waals surface area contributed by atoms with Crippen molar-refractivity contribution >= 4 is 23.6 Å². The van der Waals surface area contributed by atoms with Crippen LogP contribution in [0.5, 0.6) is 11.5 Å². The fraction of sp³-hybridized carbons (Fsp3) is 0.571. The molecule has 1 aromatic carbocycles. The number of hydrogen-bond acceptors (Lipinski definition) is 4. The van der Waals surface area contributed by atoms with Crippen LogP contribution in [0.25, 0.3) is 6.08 Å². The lowest BCUT2D eigenvalue weighted by Gasteiger charge is -2.21. The molecule has 0 aliphatic heterocycles. The summed E-state index contributed by atoms with van der Waals surface area (Å²) >= 11 is 6.24. The number of hydrogen-bond donors (Lipinski definition) is 1. The monoisotopic (exact) mass is 395 g/mol. The summed E-state index contributed by atoms with van der Waals surface area (Å²) < 4.78 is 16.7. The number of methoxy groups -OCH3 is 1. The van der Waals surface area contributed by atoms with E-state index in [1.807, 2.05) is 6.92 Å². The van der Waals surface area contributed by atoms with Gasteiger partial charge in [0, 0.05) is 19.2 Å². The molecule has 1 saturated carbocycles. The standard InChI is InChI=1S/C21H30ClNO4/c1-3-26-21-18(22)14-16(15-19(21)25-2)10-11-20(24)23-12-7-13-27-17-8-5-4-6-9-17/h10-11,14-15,17H,3-9,12-13H2,1-2H3,(H,23,24)/b11-10+. The smallest absolute Gasteiger partial charge is 0.244 e. The van der Waals surface area contributed by atoms with Gasteiger partial charge in [0.25, 0.3) is 0 Å². The molecule has 0 aromatic heterocycles. The molecule has 1 fully saturated rings. The molecule has 1 aromatic rings. The molecule has 0 radical (unpaired) electrons. The predicted molar refractivity (Wildman–Crippen MR) is 109 cm³/mol. The van der Waals surface area contributed by atoms with Crippen LogP contribution < -0.4 is 14.8 Å². The molecule has 0 bridgehead atoms. The molecule has 1 aliphatic rings. The second kappa shape index (κ2) is 11.9. The van der Waals surface area contributed by atoms with E-state index in [0.29, 0.717) is 42.4 Å². The first-order chi connectivity index (χ1) is 13.1. The van der Waals surface area contributed by atoms with Crippen molar-refractivity contribution in [3.05, 3.63) is 28.8 Å². The van der Waals surface area contributed by atoms with Crippen LogP contribution in [-0.2, 0) is 9.53 Å². The van der Waals surface area contributed by atoms with E-state index in [9.17, 15) is 4.79 Å². The zero-order valence-corrected chi connectivity index (χ0v) is 17.0. The molecule has 150 valence electrons. The van der Waals surface area contributed by atoms with Gasteiger partial charge in [-0.3, -0.25) is 4.79 Å². The van der Waals surface area contributed by atoms with E-state index in [-0.39, 0.29) is 5.91 Å². The molecule has 0 heterocycles. The zero-order chi connectivity index (χ0) is 19.5. The van der Waals surface area contributed by atoms with E-state index in [1.165, 1.54) is 38.2 Å². The Morgan fingerprint density at radius 3 is 2.78 bits per heavy atom. The molecule has 27 heavy (non-hydrogen) atoms. The predicted octanol–water partition coefficient (Wildman–Crippen LogP) is 4.62. The van der Waals surface area contributed by atoms with Crippen LogP contribution in [0.1, 0.15) is 51.0 Å². The van der Waals surface area contributed by atoms with E-state index < -0.39 is 0 Å². The van der Waals surface area contributed by atoms with E-state index in [2.05, 4.69) is 5.32 Å². The molecule has 2 rings (SSSR count). The van der Waals surface area contributed by atoms with Gasteiger partial charge < -0.3 is 19.5 Å². The number of amides is 1. The quantitative estimate of drug-likeness (QED) is 0.464. The molecule has 1 aliphatic carbocycles. The zero-order valence-electron chi connectivity index (χ0n) is 16.3. The lowest BCUT2D eigenvalue weighted by atomic mass is 9.98. The highest BCUT2D eigenvalue weighted by atomic mass is 35.5. The number of rotatable bonds is 10. The highest BCUT2D eigenvalue weighted by molar-refractivity contribution is 6.32. The first-order valence-electron chi connectivity index (χ1n) is 9.72. The Hall–Kier alpha value is -1.72. The number of benzene rings is 1. The number of carbonyl (C=O) groups is 1. The minimum atomic E-state index is -0.142. The Morgan fingerprint density at radius 1 is 1.30 bits per heavy atom. The summed E-state index contributed by atoms with van der Waals surface area (Å²) in [6.07, 6.45) is 10.6. The van der Waals surface area contributed by atoms with E-state index >= 15 is 0 Å². The molecule has 5 nitrogen and oxygen atoms in total. The fourth-order valence-corrected chi connectivity index (χ4v) is 3.39. The van der Waals surface area contributed by atoms with Crippen LogP contribution in [0.15, 0.2) is 18.2 Å². The first kappa shape index (κ1) is 21.6. The number of ether oxygens (including phenoxy) is 3. The average molecular weight is 396 g/mol. The molecule has 1 amide bonds. The van der Waals surface area contributed by atoms with Gasteiger partial charge in [-0.05, 0) is 50.0 Å². The van der Waals surface area contributed by atoms with Crippen molar-refractivity contribution < 1.29 is 19.0 Å². The Balaban J connectivity index is 1.74. The summed E-state index contributed by atoms with van der Waals surface area (Å²) in [7, 11) is 1.56. The van der Waals surface area contributed by atoms with Gasteiger partial charge in [-0.15, -0.1) is 0 Å². The summed E-state index contributed by atoms with van der Waals surface area (Å²) in [4.78, 5) is 12.0. The molecule has 6 heteroatoms. The maximum absolute atomic E-state index is 12.0. The van der Waals surface area contributed by atoms with Gasteiger partial charge in [-0.1, -0.05) is 30.9 Å². The minimum Gasteiger partial charge on any atom is -0.493 e. The molecule has 0 saturated heterocycles. The Bertz CT molecular complexity index is 627. The summed E-state index contributed by atoms with van der Waals surface area (Å²) in [5.74, 6) is 0.919. The summed E-state index contributed by atoms with van der Waals surface area (Å²) in [5, 5.41) is 3.33. The highest BCUT2D eigenvalue weighted by Crippen LogP contribution is 2.36. The second-order valence-electron chi connectivity index (χ2n) is 6.58. The van der Waals surface area contributed by atoms with Crippen molar-refractivity contribution in [1.29, 1.82) is 0 Å². The lowest BCUT2D eigenvalue weighted by molar-refractivity contribution is -0.116. The largest absolute Gasteiger partial charge is 0.493 e. The Labute approximate surface area is 167 Å². The molecule has 1 N–H and O–H groups in total. The van der Waals surface area contributed by atoms with Crippen molar-refractivity contribution in [2.75, 3.05) is 26.9 Å². The molecule has 0 atom stereocenters. The van der Waals surface area contributed by atoms with Crippen molar-refractivity contribution in [3.8, 4) is 11.5 Å². The SMILES string of the molecule is CCOc1c(Cl)cc(/C=C/C(=O)NCCCOC2CCCCC2)cc1OC. The lowest BCUT2D eigenvalue weighted by Crippen LogP contribution is -2.24. The van der Waals surface area contributed by atoms with Gasteiger partial charge in [0.2, 0.25) is 5.91 Å². The molecule has 0 unspecified atom stereocenters. The van der Waals surface area contributed by atoms with Gasteiger partial charge in [0.1, 0.15) is 0 Å². The molecular formula is C21H30ClNO4. The van der Waals surface area contributed by atoms with Gasteiger partial charge >= 0.3 is 0 Å². The number of carbonyl (C=O) groups excluding carboxylic acids is 1. The van der Waals surface area contributed by atoms with Crippen molar-refractivity contribution in [1.82, 2.24) is 5.32 Å². The summed E-state index contributed by atoms with van der Waals surface area (Å²) in [5.41, 5.74) is 0.774. The molecular weight excluding hydrogens is 366 g/mol. The van der Waals surface area contributed by atoms with Gasteiger partial charge in [0.05, 0.1) is 24.8 Å².